The first-order chi connectivity index (χ1) is 12.6. The van der Waals surface area contributed by atoms with Crippen molar-refractivity contribution in [2.24, 2.45) is 0 Å². The summed E-state index contributed by atoms with van der Waals surface area (Å²) in [6.07, 6.45) is 2.97. The molecule has 0 fully saturated rings. The third-order valence-corrected chi connectivity index (χ3v) is 8.63. The van der Waals surface area contributed by atoms with E-state index < -0.39 is 22.9 Å². The smallest absolute Gasteiger partial charge is 0.320 e. The summed E-state index contributed by atoms with van der Waals surface area (Å²) in [5.74, 6) is -0.918. The van der Waals surface area contributed by atoms with Gasteiger partial charge in [0, 0.05) is 0 Å². The zero-order valence-electron chi connectivity index (χ0n) is 17.4. The normalized spacial score (nSPS) is 13.0. The maximum absolute atomic E-state index is 12.5. The predicted molar refractivity (Wildman–Crippen MR) is 114 cm³/mol. The molecule has 27 heavy (non-hydrogen) atoms. The van der Waals surface area contributed by atoms with E-state index in [1.54, 1.807) is 0 Å². The van der Waals surface area contributed by atoms with E-state index >= 15 is 0 Å². The second-order valence-electron chi connectivity index (χ2n) is 6.65. The Balaban J connectivity index is 5.18. The van der Waals surface area contributed by atoms with Crippen molar-refractivity contribution in [3.05, 3.63) is 0 Å². The van der Waals surface area contributed by atoms with Gasteiger partial charge in [-0.1, -0.05) is 38.1 Å². The van der Waals surface area contributed by atoms with Crippen LogP contribution in [0.15, 0.2) is 0 Å². The SMILES string of the molecule is CCCCOC(=O)CC(SP(=S)(OC(C)C)OC(C)C)C(=O)OCCCC. The summed E-state index contributed by atoms with van der Waals surface area (Å²) < 4.78 is 22.2. The highest BCUT2D eigenvalue weighted by atomic mass is 32.9. The largest absolute Gasteiger partial charge is 0.466 e. The summed E-state index contributed by atoms with van der Waals surface area (Å²) in [5.41, 5.74) is -2.83. The molecule has 0 aliphatic rings. The van der Waals surface area contributed by atoms with Crippen LogP contribution in [0.1, 0.15) is 73.6 Å². The van der Waals surface area contributed by atoms with Crippen LogP contribution >= 0.6 is 17.1 Å². The lowest BCUT2D eigenvalue weighted by Gasteiger charge is -2.28. The van der Waals surface area contributed by atoms with Gasteiger partial charge in [-0.2, -0.15) is 0 Å². The minimum Gasteiger partial charge on any atom is -0.466 e. The van der Waals surface area contributed by atoms with Crippen LogP contribution in [-0.2, 0) is 39.9 Å². The number of hydrogen-bond donors (Lipinski definition) is 0. The number of unbranched alkanes of at least 4 members (excludes halogenated alkanes) is 2. The average Bonchev–Trinajstić information content (AvgIpc) is 2.52. The minimum absolute atomic E-state index is 0.110. The molecule has 0 aromatic rings. The molecule has 0 aromatic carbocycles. The van der Waals surface area contributed by atoms with E-state index in [1.165, 1.54) is 0 Å². The van der Waals surface area contributed by atoms with Gasteiger partial charge in [0.05, 0.1) is 31.8 Å². The van der Waals surface area contributed by atoms with Crippen molar-refractivity contribution < 1.29 is 28.1 Å². The van der Waals surface area contributed by atoms with Gasteiger partial charge in [0.15, 0.2) is 0 Å². The van der Waals surface area contributed by atoms with Crippen LogP contribution in [0.2, 0.25) is 0 Å². The van der Waals surface area contributed by atoms with Gasteiger partial charge in [-0.15, -0.1) is 0 Å². The van der Waals surface area contributed by atoms with Crippen molar-refractivity contribution in [1.82, 2.24) is 0 Å². The Bertz CT molecular complexity index is 470. The van der Waals surface area contributed by atoms with E-state index in [4.69, 9.17) is 30.3 Å². The Morgan fingerprint density at radius 1 is 0.926 bits per heavy atom. The molecule has 160 valence electrons. The molecule has 0 spiro atoms. The predicted octanol–water partition coefficient (Wildman–Crippen LogP) is 5.24. The summed E-state index contributed by atoms with van der Waals surface area (Å²) >= 11 is 6.70. The molecule has 1 atom stereocenters. The van der Waals surface area contributed by atoms with Crippen LogP contribution in [0.5, 0.6) is 0 Å². The minimum atomic E-state index is -2.83. The highest BCUT2D eigenvalue weighted by molar-refractivity contribution is 8.68. The van der Waals surface area contributed by atoms with Gasteiger partial charge in [0.1, 0.15) is 5.25 Å². The number of carbonyl (C=O) groups excluding carboxylic acids is 2. The standard InChI is InChI=1S/C18H35O6PS2/c1-7-9-11-21-17(19)13-16(18(20)22-12-10-8-2)27-25(26,23-14(3)4)24-15(5)6/h14-16H,7-13H2,1-6H3. The maximum atomic E-state index is 12.5. The van der Waals surface area contributed by atoms with E-state index in [0.29, 0.717) is 13.2 Å². The third kappa shape index (κ3) is 13.6. The van der Waals surface area contributed by atoms with Gasteiger partial charge in [-0.25, -0.2) is 0 Å². The lowest BCUT2D eigenvalue weighted by Crippen LogP contribution is -2.25. The van der Waals surface area contributed by atoms with Crippen molar-refractivity contribution in [3.63, 3.8) is 0 Å². The first-order valence-electron chi connectivity index (χ1n) is 9.61. The second-order valence-corrected chi connectivity index (χ2v) is 13.0. The Kier molecular flexibility index (Phi) is 14.7. The molecule has 0 saturated carbocycles. The topological polar surface area (TPSA) is 71.1 Å². The van der Waals surface area contributed by atoms with Gasteiger partial charge in [-0.3, -0.25) is 9.59 Å². The molecular weight excluding hydrogens is 407 g/mol. The highest BCUT2D eigenvalue weighted by Crippen LogP contribution is 2.64. The Morgan fingerprint density at radius 3 is 1.85 bits per heavy atom. The zero-order chi connectivity index (χ0) is 20.9. The van der Waals surface area contributed by atoms with Crippen molar-refractivity contribution >= 4 is 40.8 Å². The third-order valence-electron chi connectivity index (χ3n) is 3.05. The quantitative estimate of drug-likeness (QED) is 0.194. The summed E-state index contributed by atoms with van der Waals surface area (Å²) in [6, 6.07) is 0. The van der Waals surface area contributed by atoms with Crippen LogP contribution in [-0.4, -0.2) is 42.6 Å². The lowest BCUT2D eigenvalue weighted by atomic mass is 10.3. The summed E-state index contributed by atoms with van der Waals surface area (Å²) in [6.45, 7) is 12.1. The first kappa shape index (κ1) is 26.9. The fourth-order valence-corrected chi connectivity index (χ4v) is 8.43. The van der Waals surface area contributed by atoms with Crippen molar-refractivity contribution in [3.8, 4) is 0 Å². The van der Waals surface area contributed by atoms with Gasteiger partial charge in [-0.05, 0) is 52.3 Å². The Morgan fingerprint density at radius 2 is 1.41 bits per heavy atom. The number of carbonyl (C=O) groups is 2. The van der Waals surface area contributed by atoms with E-state index in [0.717, 1.165) is 37.1 Å². The molecule has 0 N–H and O–H groups in total. The second kappa shape index (κ2) is 14.8. The highest BCUT2D eigenvalue weighted by Gasteiger charge is 2.34. The first-order valence-corrected chi connectivity index (χ1v) is 13.7. The molecule has 0 aromatic heterocycles. The van der Waals surface area contributed by atoms with Gasteiger partial charge in [0.2, 0.25) is 5.69 Å². The molecule has 0 amide bonds. The Hall–Kier alpha value is -0.140. The molecule has 0 bridgehead atoms. The molecule has 0 heterocycles. The van der Waals surface area contributed by atoms with Gasteiger partial charge >= 0.3 is 11.9 Å². The zero-order valence-corrected chi connectivity index (χ0v) is 19.9. The number of rotatable bonds is 15. The lowest BCUT2D eigenvalue weighted by molar-refractivity contribution is -0.149. The van der Waals surface area contributed by atoms with Crippen LogP contribution in [0.3, 0.4) is 0 Å². The molecule has 1 unspecified atom stereocenters. The van der Waals surface area contributed by atoms with Crippen molar-refractivity contribution in [2.45, 2.75) is 91.1 Å². The van der Waals surface area contributed by atoms with E-state index in [1.807, 2.05) is 41.5 Å². The molecular formula is C18H35O6PS2. The molecule has 9 heteroatoms. The number of ether oxygens (including phenoxy) is 2. The van der Waals surface area contributed by atoms with E-state index in [9.17, 15) is 9.59 Å². The van der Waals surface area contributed by atoms with E-state index in [2.05, 4.69) is 0 Å². The van der Waals surface area contributed by atoms with Gasteiger partial charge in [0.25, 0.3) is 0 Å². The van der Waals surface area contributed by atoms with Crippen LogP contribution in [0, 0.1) is 0 Å². The molecule has 0 rings (SSSR count). The molecule has 0 radical (unpaired) electrons. The monoisotopic (exact) mass is 442 g/mol. The number of esters is 2. The average molecular weight is 443 g/mol. The molecule has 0 aliphatic carbocycles. The maximum Gasteiger partial charge on any atom is 0.320 e. The summed E-state index contributed by atoms with van der Waals surface area (Å²) in [5, 5.41) is -0.806. The van der Waals surface area contributed by atoms with E-state index in [-0.39, 0.29) is 18.6 Å². The van der Waals surface area contributed by atoms with Crippen molar-refractivity contribution in [1.29, 1.82) is 0 Å². The molecule has 0 aliphatic heterocycles. The molecule has 6 nitrogen and oxygen atoms in total. The summed E-state index contributed by atoms with van der Waals surface area (Å²) in [4.78, 5) is 24.7. The van der Waals surface area contributed by atoms with Crippen molar-refractivity contribution in [2.75, 3.05) is 13.2 Å². The fourth-order valence-electron chi connectivity index (χ4n) is 1.86. The van der Waals surface area contributed by atoms with Crippen LogP contribution < -0.4 is 0 Å². The van der Waals surface area contributed by atoms with Crippen LogP contribution in [0.4, 0.5) is 0 Å². The van der Waals surface area contributed by atoms with Gasteiger partial charge < -0.3 is 18.5 Å². The fraction of sp³-hybridized carbons (Fsp3) is 0.889. The number of hydrogen-bond acceptors (Lipinski definition) is 8. The summed E-state index contributed by atoms with van der Waals surface area (Å²) in [7, 11) is 0. The molecule has 0 saturated heterocycles. The Labute approximate surface area is 173 Å². The van der Waals surface area contributed by atoms with Crippen LogP contribution in [0.25, 0.3) is 0 Å².